The molecule has 0 unspecified atom stereocenters. The van der Waals surface area contributed by atoms with Crippen LogP contribution in [0.3, 0.4) is 0 Å². The van der Waals surface area contributed by atoms with Crippen molar-refractivity contribution >= 4 is 5.97 Å². The Bertz CT molecular complexity index is 546. The van der Waals surface area contributed by atoms with Crippen LogP contribution < -0.4 is 0 Å². The Hall–Kier alpha value is -2.09. The summed E-state index contributed by atoms with van der Waals surface area (Å²) in [7, 11) is 0. The molecule has 0 aliphatic carbocycles. The third-order valence-electron chi connectivity index (χ3n) is 3.38. The number of hydrogen-bond donors (Lipinski definition) is 1. The fourth-order valence-corrected chi connectivity index (χ4v) is 2.20. The number of benzene rings is 2. The Morgan fingerprint density at radius 3 is 2.42 bits per heavy atom. The minimum absolute atomic E-state index is 0.184. The summed E-state index contributed by atoms with van der Waals surface area (Å²) in [5.74, 6) is -0.424. The summed E-state index contributed by atoms with van der Waals surface area (Å²) in [6.07, 6.45) is 0.772. The summed E-state index contributed by atoms with van der Waals surface area (Å²) in [6, 6.07) is 18.5. The van der Waals surface area contributed by atoms with E-state index in [0.29, 0.717) is 12.3 Å². The van der Waals surface area contributed by atoms with Crippen molar-refractivity contribution in [2.45, 2.75) is 25.7 Å². The lowest BCUT2D eigenvalue weighted by molar-refractivity contribution is -0.136. The first kappa shape index (κ1) is 13.3. The Labute approximate surface area is 113 Å². The van der Waals surface area contributed by atoms with Crippen LogP contribution in [0, 0.1) is 0 Å². The van der Waals surface area contributed by atoms with Gasteiger partial charge in [-0.1, -0.05) is 61.5 Å². The molecule has 2 rings (SSSR count). The van der Waals surface area contributed by atoms with Gasteiger partial charge in [0.05, 0.1) is 0 Å². The molecule has 0 bridgehead atoms. The molecule has 0 amide bonds. The summed E-state index contributed by atoms with van der Waals surface area (Å²) >= 11 is 0. The molecule has 0 saturated heterocycles. The number of rotatable bonds is 5. The molecule has 0 radical (unpaired) electrons. The number of aryl methyl sites for hydroxylation is 1. The second-order valence-electron chi connectivity index (χ2n) is 4.77. The van der Waals surface area contributed by atoms with Crippen LogP contribution in [0.4, 0.5) is 0 Å². The topological polar surface area (TPSA) is 37.3 Å². The Balaban J connectivity index is 2.16. The fourth-order valence-electron chi connectivity index (χ4n) is 2.20. The van der Waals surface area contributed by atoms with Crippen molar-refractivity contribution in [2.24, 2.45) is 0 Å². The maximum Gasteiger partial charge on any atom is 0.303 e. The second kappa shape index (κ2) is 6.19. The highest BCUT2D eigenvalue weighted by atomic mass is 16.4. The Morgan fingerprint density at radius 2 is 1.74 bits per heavy atom. The van der Waals surface area contributed by atoms with Gasteiger partial charge in [0, 0.05) is 12.3 Å². The summed E-state index contributed by atoms with van der Waals surface area (Å²) in [4.78, 5) is 10.6. The zero-order valence-electron chi connectivity index (χ0n) is 11.0. The number of hydrogen-bond acceptors (Lipinski definition) is 1. The molecule has 2 heteroatoms. The van der Waals surface area contributed by atoms with E-state index in [9.17, 15) is 4.79 Å². The standard InChI is InChI=1S/C17H18O2/c1-13(15-7-3-2-4-8-15)16-9-5-6-14(12-16)10-11-17(18)19/h2-9,12-13H,10-11H2,1H3,(H,18,19)/t13-/m1/s1. The second-order valence-corrected chi connectivity index (χ2v) is 4.77. The van der Waals surface area contributed by atoms with Crippen LogP contribution >= 0.6 is 0 Å². The van der Waals surface area contributed by atoms with Gasteiger partial charge >= 0.3 is 5.97 Å². The monoisotopic (exact) mass is 254 g/mol. The van der Waals surface area contributed by atoms with Gasteiger partial charge in [-0.05, 0) is 23.1 Å². The van der Waals surface area contributed by atoms with E-state index in [1.807, 2.05) is 30.3 Å². The van der Waals surface area contributed by atoms with Crippen LogP contribution in [-0.4, -0.2) is 11.1 Å². The lowest BCUT2D eigenvalue weighted by atomic mass is 9.91. The molecule has 98 valence electrons. The zero-order chi connectivity index (χ0) is 13.7. The van der Waals surface area contributed by atoms with Gasteiger partial charge < -0.3 is 5.11 Å². The van der Waals surface area contributed by atoms with Crippen LogP contribution in [0.2, 0.25) is 0 Å². The molecule has 0 saturated carbocycles. The van der Waals surface area contributed by atoms with Gasteiger partial charge in [-0.25, -0.2) is 0 Å². The predicted octanol–water partition coefficient (Wildman–Crippen LogP) is 3.86. The molecule has 1 N–H and O–H groups in total. The molecule has 0 aliphatic heterocycles. The fraction of sp³-hybridized carbons (Fsp3) is 0.235. The molecule has 2 aromatic carbocycles. The SMILES string of the molecule is C[C@H](c1ccccc1)c1cccc(CCC(=O)O)c1. The van der Waals surface area contributed by atoms with E-state index in [4.69, 9.17) is 5.11 Å². The van der Waals surface area contributed by atoms with E-state index in [-0.39, 0.29) is 6.42 Å². The summed E-state index contributed by atoms with van der Waals surface area (Å²) in [5.41, 5.74) is 3.59. The third kappa shape index (κ3) is 3.68. The van der Waals surface area contributed by atoms with E-state index in [0.717, 1.165) is 5.56 Å². The van der Waals surface area contributed by atoms with E-state index < -0.39 is 5.97 Å². The average molecular weight is 254 g/mol. The highest BCUT2D eigenvalue weighted by Gasteiger charge is 2.08. The first-order chi connectivity index (χ1) is 9.16. The summed E-state index contributed by atoms with van der Waals surface area (Å²) < 4.78 is 0. The van der Waals surface area contributed by atoms with Crippen LogP contribution in [0.5, 0.6) is 0 Å². The van der Waals surface area contributed by atoms with Gasteiger partial charge in [-0.2, -0.15) is 0 Å². The molecule has 19 heavy (non-hydrogen) atoms. The molecular formula is C17H18O2. The summed E-state index contributed by atoms with van der Waals surface area (Å²) in [5, 5.41) is 8.73. The van der Waals surface area contributed by atoms with Crippen molar-refractivity contribution in [1.29, 1.82) is 0 Å². The highest BCUT2D eigenvalue weighted by molar-refractivity contribution is 5.67. The van der Waals surface area contributed by atoms with Crippen molar-refractivity contribution in [3.8, 4) is 0 Å². The van der Waals surface area contributed by atoms with Crippen LogP contribution in [0.25, 0.3) is 0 Å². The minimum Gasteiger partial charge on any atom is -0.481 e. The van der Waals surface area contributed by atoms with E-state index in [1.165, 1.54) is 11.1 Å². The first-order valence-corrected chi connectivity index (χ1v) is 6.52. The summed E-state index contributed by atoms with van der Waals surface area (Å²) in [6.45, 7) is 2.17. The quantitative estimate of drug-likeness (QED) is 0.879. The number of carboxylic acids is 1. The first-order valence-electron chi connectivity index (χ1n) is 6.52. The molecule has 1 atom stereocenters. The van der Waals surface area contributed by atoms with E-state index in [2.05, 4.69) is 31.2 Å². The smallest absolute Gasteiger partial charge is 0.303 e. The Kier molecular flexibility index (Phi) is 4.35. The average Bonchev–Trinajstić information content (AvgIpc) is 2.45. The van der Waals surface area contributed by atoms with Gasteiger partial charge in [0.15, 0.2) is 0 Å². The maximum atomic E-state index is 10.6. The van der Waals surface area contributed by atoms with Crippen LogP contribution in [0.1, 0.15) is 36.0 Å². The van der Waals surface area contributed by atoms with Crippen molar-refractivity contribution in [3.63, 3.8) is 0 Å². The lowest BCUT2D eigenvalue weighted by Crippen LogP contribution is -2.00. The minimum atomic E-state index is -0.749. The molecule has 0 aliphatic rings. The van der Waals surface area contributed by atoms with E-state index in [1.54, 1.807) is 0 Å². The molecule has 0 heterocycles. The van der Waals surface area contributed by atoms with Crippen molar-refractivity contribution in [1.82, 2.24) is 0 Å². The van der Waals surface area contributed by atoms with Gasteiger partial charge in [-0.15, -0.1) is 0 Å². The van der Waals surface area contributed by atoms with Crippen LogP contribution in [-0.2, 0) is 11.2 Å². The van der Waals surface area contributed by atoms with Crippen LogP contribution in [0.15, 0.2) is 54.6 Å². The number of carboxylic acid groups (broad SMARTS) is 1. The molecule has 0 fully saturated rings. The van der Waals surface area contributed by atoms with Gasteiger partial charge in [-0.3, -0.25) is 4.79 Å². The molecule has 2 nitrogen and oxygen atoms in total. The lowest BCUT2D eigenvalue weighted by Gasteiger charge is -2.13. The molecule has 0 aromatic heterocycles. The molecule has 2 aromatic rings. The van der Waals surface area contributed by atoms with Crippen molar-refractivity contribution < 1.29 is 9.90 Å². The third-order valence-corrected chi connectivity index (χ3v) is 3.38. The van der Waals surface area contributed by atoms with Crippen molar-refractivity contribution in [2.75, 3.05) is 0 Å². The van der Waals surface area contributed by atoms with E-state index >= 15 is 0 Å². The van der Waals surface area contributed by atoms with Gasteiger partial charge in [0.25, 0.3) is 0 Å². The van der Waals surface area contributed by atoms with Crippen molar-refractivity contribution in [3.05, 3.63) is 71.3 Å². The number of carbonyl (C=O) groups is 1. The molecule has 0 spiro atoms. The Morgan fingerprint density at radius 1 is 1.05 bits per heavy atom. The largest absolute Gasteiger partial charge is 0.481 e. The van der Waals surface area contributed by atoms with Gasteiger partial charge in [0.1, 0.15) is 0 Å². The predicted molar refractivity (Wildman–Crippen MR) is 76.4 cm³/mol. The highest BCUT2D eigenvalue weighted by Crippen LogP contribution is 2.24. The zero-order valence-corrected chi connectivity index (χ0v) is 11.0. The number of aliphatic carboxylic acids is 1. The van der Waals surface area contributed by atoms with Gasteiger partial charge in [0.2, 0.25) is 0 Å². The molecular weight excluding hydrogens is 236 g/mol. The maximum absolute atomic E-state index is 10.6. The normalized spacial score (nSPS) is 12.1.